The highest BCUT2D eigenvalue weighted by Gasteiger charge is 2.07. The van der Waals surface area contributed by atoms with Crippen LogP contribution in [0.1, 0.15) is 5.69 Å². The minimum atomic E-state index is -0.530. The first-order valence-corrected chi connectivity index (χ1v) is 4.75. The number of aliphatic hydroxyl groups is 1. The number of rotatable bonds is 3. The molecule has 0 fully saturated rings. The molecule has 0 saturated carbocycles. The lowest BCUT2D eigenvalue weighted by atomic mass is 10.3. The maximum atomic E-state index is 12.8. The van der Waals surface area contributed by atoms with Gasteiger partial charge in [-0.3, -0.25) is 0 Å². The Bertz CT molecular complexity index is 501. The summed E-state index contributed by atoms with van der Waals surface area (Å²) < 4.78 is 22.9. The highest BCUT2D eigenvalue weighted by Crippen LogP contribution is 2.25. The van der Waals surface area contributed by atoms with Crippen LogP contribution in [0.2, 0.25) is 5.02 Å². The van der Waals surface area contributed by atoms with Crippen molar-refractivity contribution in [2.24, 2.45) is 0 Å². The molecule has 1 heterocycles. The van der Waals surface area contributed by atoms with E-state index in [1.807, 2.05) is 0 Å². The average molecular weight is 244 g/mol. The first kappa shape index (κ1) is 10.9. The highest BCUT2D eigenvalue weighted by atomic mass is 35.5. The Morgan fingerprint density at radius 3 is 2.94 bits per heavy atom. The van der Waals surface area contributed by atoms with E-state index in [1.165, 1.54) is 24.5 Å². The van der Waals surface area contributed by atoms with Crippen LogP contribution in [-0.4, -0.2) is 10.1 Å². The van der Waals surface area contributed by atoms with Gasteiger partial charge in [0.1, 0.15) is 23.5 Å². The van der Waals surface area contributed by atoms with E-state index in [2.05, 4.69) is 4.98 Å². The third kappa shape index (κ3) is 2.32. The maximum Gasteiger partial charge on any atom is 0.399 e. The van der Waals surface area contributed by atoms with Gasteiger partial charge in [0, 0.05) is 6.07 Å². The van der Waals surface area contributed by atoms with E-state index in [0.717, 1.165) is 0 Å². The first-order valence-electron chi connectivity index (χ1n) is 4.37. The summed E-state index contributed by atoms with van der Waals surface area (Å²) in [5, 5.41) is 8.70. The fourth-order valence-electron chi connectivity index (χ4n) is 1.05. The summed E-state index contributed by atoms with van der Waals surface area (Å²) in [5.41, 5.74) is 0.350. The van der Waals surface area contributed by atoms with Gasteiger partial charge in [-0.15, -0.1) is 0 Å². The van der Waals surface area contributed by atoms with Gasteiger partial charge in [0.2, 0.25) is 0 Å². The topological polar surface area (TPSA) is 55.5 Å². The smallest absolute Gasteiger partial charge is 0.399 e. The summed E-state index contributed by atoms with van der Waals surface area (Å²) in [6.07, 6.45) is 1.23. The zero-order chi connectivity index (χ0) is 11.5. The van der Waals surface area contributed by atoms with Gasteiger partial charge in [-0.05, 0) is 12.1 Å². The van der Waals surface area contributed by atoms with Crippen molar-refractivity contribution in [1.29, 1.82) is 0 Å². The van der Waals surface area contributed by atoms with Crippen LogP contribution in [0.3, 0.4) is 0 Å². The lowest BCUT2D eigenvalue weighted by Gasteiger charge is -2.01. The second-order valence-electron chi connectivity index (χ2n) is 2.94. The number of aliphatic hydroxyl groups excluding tert-OH is 1. The molecule has 0 atom stereocenters. The number of oxazole rings is 1. The molecule has 4 nitrogen and oxygen atoms in total. The van der Waals surface area contributed by atoms with E-state index in [4.69, 9.17) is 25.9 Å². The number of nitrogens with zero attached hydrogens (tertiary/aromatic N) is 1. The largest absolute Gasteiger partial charge is 0.417 e. The zero-order valence-corrected chi connectivity index (χ0v) is 8.74. The van der Waals surface area contributed by atoms with Crippen molar-refractivity contribution >= 4 is 11.6 Å². The SMILES string of the molecule is OCc1coc(Oc2ccc(F)c(Cl)c2)n1. The van der Waals surface area contributed by atoms with Crippen LogP contribution < -0.4 is 4.74 Å². The third-order valence-electron chi connectivity index (χ3n) is 1.79. The molecular weight excluding hydrogens is 237 g/mol. The second kappa shape index (κ2) is 4.51. The molecule has 0 radical (unpaired) electrons. The Hall–Kier alpha value is -1.59. The van der Waals surface area contributed by atoms with Gasteiger partial charge < -0.3 is 14.3 Å². The molecule has 2 aromatic rings. The van der Waals surface area contributed by atoms with Gasteiger partial charge in [-0.2, -0.15) is 4.98 Å². The van der Waals surface area contributed by atoms with Crippen molar-refractivity contribution in [3.05, 3.63) is 41.0 Å². The molecule has 84 valence electrons. The molecule has 1 N–H and O–H groups in total. The van der Waals surface area contributed by atoms with Gasteiger partial charge in [0.25, 0.3) is 0 Å². The molecule has 1 aromatic carbocycles. The molecule has 0 amide bonds. The molecule has 0 saturated heterocycles. The summed E-state index contributed by atoms with van der Waals surface area (Å²) in [5.74, 6) is -0.227. The van der Waals surface area contributed by atoms with Crippen LogP contribution in [0, 0.1) is 5.82 Å². The molecular formula is C10H7ClFNO3. The van der Waals surface area contributed by atoms with Gasteiger partial charge in [-0.1, -0.05) is 11.6 Å². The van der Waals surface area contributed by atoms with E-state index in [0.29, 0.717) is 11.4 Å². The molecule has 1 aromatic heterocycles. The van der Waals surface area contributed by atoms with Crippen molar-refractivity contribution in [3.8, 4) is 11.8 Å². The molecule has 0 aliphatic rings. The molecule has 2 rings (SSSR count). The van der Waals surface area contributed by atoms with Crippen molar-refractivity contribution in [3.63, 3.8) is 0 Å². The minimum absolute atomic E-state index is 0.0354. The summed E-state index contributed by atoms with van der Waals surface area (Å²) in [6.45, 7) is -0.239. The predicted molar refractivity (Wildman–Crippen MR) is 53.9 cm³/mol. The van der Waals surface area contributed by atoms with E-state index >= 15 is 0 Å². The molecule has 0 aliphatic carbocycles. The van der Waals surface area contributed by atoms with Gasteiger partial charge in [0.05, 0.1) is 11.6 Å². The predicted octanol–water partition coefficient (Wildman–Crippen LogP) is 2.75. The number of hydrogen-bond acceptors (Lipinski definition) is 4. The molecule has 16 heavy (non-hydrogen) atoms. The summed E-state index contributed by atoms with van der Waals surface area (Å²) in [7, 11) is 0. The fourth-order valence-corrected chi connectivity index (χ4v) is 1.22. The standard InChI is InChI=1S/C10H7ClFNO3/c11-8-3-7(1-2-9(8)12)16-10-13-6(4-14)5-15-10/h1-3,5,14H,4H2. The number of hydrogen-bond donors (Lipinski definition) is 1. The minimum Gasteiger partial charge on any atom is -0.417 e. The molecule has 0 spiro atoms. The average Bonchev–Trinajstić information content (AvgIpc) is 2.71. The maximum absolute atomic E-state index is 12.8. The van der Waals surface area contributed by atoms with Crippen molar-refractivity contribution in [2.45, 2.75) is 6.61 Å². The van der Waals surface area contributed by atoms with Crippen LogP contribution in [0.4, 0.5) is 4.39 Å². The normalized spacial score (nSPS) is 10.4. The van der Waals surface area contributed by atoms with Crippen molar-refractivity contribution < 1.29 is 18.7 Å². The van der Waals surface area contributed by atoms with Crippen LogP contribution in [0.5, 0.6) is 11.8 Å². The number of aromatic nitrogens is 1. The third-order valence-corrected chi connectivity index (χ3v) is 2.08. The number of ether oxygens (including phenoxy) is 1. The van der Waals surface area contributed by atoms with E-state index in [9.17, 15) is 4.39 Å². The number of benzene rings is 1. The Balaban J connectivity index is 2.17. The molecule has 0 bridgehead atoms. The lowest BCUT2D eigenvalue weighted by Crippen LogP contribution is -1.87. The Kier molecular flexibility index (Phi) is 3.07. The fraction of sp³-hybridized carbons (Fsp3) is 0.100. The van der Waals surface area contributed by atoms with Crippen LogP contribution >= 0.6 is 11.6 Å². The molecule has 0 unspecified atom stereocenters. The highest BCUT2D eigenvalue weighted by molar-refractivity contribution is 6.30. The second-order valence-corrected chi connectivity index (χ2v) is 3.35. The van der Waals surface area contributed by atoms with Crippen molar-refractivity contribution in [1.82, 2.24) is 4.98 Å². The van der Waals surface area contributed by atoms with Gasteiger partial charge >= 0.3 is 6.08 Å². The first-order chi connectivity index (χ1) is 7.69. The van der Waals surface area contributed by atoms with Gasteiger partial charge in [-0.25, -0.2) is 4.39 Å². The van der Waals surface area contributed by atoms with Gasteiger partial charge in [0.15, 0.2) is 0 Å². The zero-order valence-electron chi connectivity index (χ0n) is 7.98. The monoisotopic (exact) mass is 243 g/mol. The Morgan fingerprint density at radius 1 is 1.50 bits per heavy atom. The van der Waals surface area contributed by atoms with Crippen molar-refractivity contribution in [2.75, 3.05) is 0 Å². The van der Waals surface area contributed by atoms with Crippen LogP contribution in [0.15, 0.2) is 28.9 Å². The van der Waals surface area contributed by atoms with E-state index < -0.39 is 5.82 Å². The van der Waals surface area contributed by atoms with Crippen LogP contribution in [0.25, 0.3) is 0 Å². The van der Waals surface area contributed by atoms with E-state index in [1.54, 1.807) is 0 Å². The summed E-state index contributed by atoms with van der Waals surface area (Å²) >= 11 is 5.57. The Labute approximate surface area is 95.2 Å². The van der Waals surface area contributed by atoms with Crippen LogP contribution in [-0.2, 0) is 6.61 Å². The molecule has 0 aliphatic heterocycles. The van der Waals surface area contributed by atoms with E-state index in [-0.39, 0.29) is 17.7 Å². The summed E-state index contributed by atoms with van der Waals surface area (Å²) in [4.78, 5) is 3.80. The quantitative estimate of drug-likeness (QED) is 0.901. The molecule has 6 heteroatoms. The Morgan fingerprint density at radius 2 is 2.31 bits per heavy atom. The number of halogens is 2. The lowest BCUT2D eigenvalue weighted by molar-refractivity contribution is 0.276. The summed E-state index contributed by atoms with van der Waals surface area (Å²) in [6, 6.07) is 3.87.